The number of phenolic OH excluding ortho intramolecular Hbond substituents is 1. The van der Waals surface area contributed by atoms with Gasteiger partial charge in [-0.15, -0.1) is 0 Å². The molecule has 0 fully saturated rings. The van der Waals surface area contributed by atoms with Crippen molar-refractivity contribution in [2.45, 2.75) is 13.0 Å². The first-order chi connectivity index (χ1) is 15.7. The highest BCUT2D eigenvalue weighted by atomic mass is 16.6. The average Bonchev–Trinajstić information content (AvgIpc) is 3.36. The quantitative estimate of drug-likeness (QED) is 0.286. The summed E-state index contributed by atoms with van der Waals surface area (Å²) in [6.07, 6.45) is 3.23. The number of phenols is 1. The maximum atomic E-state index is 12.2. The first-order valence-corrected chi connectivity index (χ1v) is 10.4. The minimum Gasteiger partial charge on any atom is -0.505 e. The van der Waals surface area contributed by atoms with Gasteiger partial charge < -0.3 is 24.3 Å². The lowest BCUT2D eigenvalue weighted by Gasteiger charge is -2.20. The number of carbonyl (C=O) groups is 1. The van der Waals surface area contributed by atoms with Crippen LogP contribution in [0.15, 0.2) is 77.5 Å². The van der Waals surface area contributed by atoms with Gasteiger partial charge >= 0.3 is 5.97 Å². The highest BCUT2D eigenvalue weighted by molar-refractivity contribution is 5.90. The second-order valence-electron chi connectivity index (χ2n) is 7.08. The maximum absolute atomic E-state index is 12.2. The number of aromatic nitrogens is 1. The second-order valence-corrected chi connectivity index (χ2v) is 7.08. The van der Waals surface area contributed by atoms with Gasteiger partial charge in [0.2, 0.25) is 0 Å². The van der Waals surface area contributed by atoms with Crippen LogP contribution >= 0.6 is 0 Å². The molecule has 164 valence electrons. The number of furan rings is 1. The summed E-state index contributed by atoms with van der Waals surface area (Å²) < 4.78 is 16.0. The number of rotatable bonds is 9. The Labute approximate surface area is 185 Å². The van der Waals surface area contributed by atoms with Gasteiger partial charge in [0, 0.05) is 29.4 Å². The highest BCUT2D eigenvalue weighted by Crippen LogP contribution is 2.36. The number of aromatic hydroxyl groups is 1. The Morgan fingerprint density at radius 2 is 1.94 bits per heavy atom. The Morgan fingerprint density at radius 1 is 1.09 bits per heavy atom. The largest absolute Gasteiger partial charge is 0.505 e. The zero-order chi connectivity index (χ0) is 22.3. The van der Waals surface area contributed by atoms with E-state index in [2.05, 4.69) is 10.3 Å². The van der Waals surface area contributed by atoms with E-state index < -0.39 is 12.0 Å². The molecule has 2 heterocycles. The number of carbonyl (C=O) groups excluding carboxylic acids is 1. The van der Waals surface area contributed by atoms with Gasteiger partial charge in [0.25, 0.3) is 0 Å². The van der Waals surface area contributed by atoms with Crippen LogP contribution in [0, 0.1) is 0 Å². The number of hydrogen-bond donors (Lipinski definition) is 2. The van der Waals surface area contributed by atoms with E-state index in [1.54, 1.807) is 42.8 Å². The molecule has 7 nitrogen and oxygen atoms in total. The van der Waals surface area contributed by atoms with Crippen LogP contribution in [0.2, 0.25) is 0 Å². The summed E-state index contributed by atoms with van der Waals surface area (Å²) in [6, 6.07) is 17.6. The minimum absolute atomic E-state index is 0.0893. The van der Waals surface area contributed by atoms with E-state index in [0.29, 0.717) is 35.6 Å². The molecule has 0 aliphatic heterocycles. The lowest BCUT2D eigenvalue weighted by molar-refractivity contribution is 0.0335. The molecule has 4 rings (SSSR count). The Kier molecular flexibility index (Phi) is 6.67. The molecule has 0 amide bonds. The van der Waals surface area contributed by atoms with Crippen LogP contribution in [0.3, 0.4) is 0 Å². The SMILES string of the molecule is CCOCCOC(=O)c1ccc(NC(c2ccco2)c2ccc3cccnc3c2O)cc1. The third kappa shape index (κ3) is 4.73. The highest BCUT2D eigenvalue weighted by Gasteiger charge is 2.22. The number of benzene rings is 2. The molecule has 2 aromatic carbocycles. The number of nitrogens with one attached hydrogen (secondary N) is 1. The van der Waals surface area contributed by atoms with Crippen molar-refractivity contribution < 1.29 is 23.8 Å². The van der Waals surface area contributed by atoms with Gasteiger partial charge in [-0.05, 0) is 49.4 Å². The fraction of sp³-hybridized carbons (Fsp3) is 0.200. The molecule has 0 aliphatic rings. The summed E-state index contributed by atoms with van der Waals surface area (Å²) in [6.45, 7) is 3.05. The Bertz CT molecular complexity index is 1170. The lowest BCUT2D eigenvalue weighted by atomic mass is 10.0. The maximum Gasteiger partial charge on any atom is 0.338 e. The molecule has 2 N–H and O–H groups in total. The van der Waals surface area contributed by atoms with Gasteiger partial charge in [-0.2, -0.15) is 0 Å². The van der Waals surface area contributed by atoms with E-state index in [1.807, 2.05) is 37.3 Å². The molecule has 1 atom stereocenters. The monoisotopic (exact) mass is 432 g/mol. The van der Waals surface area contributed by atoms with Crippen molar-refractivity contribution in [1.29, 1.82) is 0 Å². The van der Waals surface area contributed by atoms with Crippen LogP contribution in [0.25, 0.3) is 10.9 Å². The molecule has 0 saturated heterocycles. The number of nitrogens with zero attached hydrogens (tertiary/aromatic N) is 1. The molecular weight excluding hydrogens is 408 g/mol. The van der Waals surface area contributed by atoms with E-state index >= 15 is 0 Å². The molecular formula is C25H24N2O5. The van der Waals surface area contributed by atoms with E-state index in [0.717, 1.165) is 11.1 Å². The van der Waals surface area contributed by atoms with Gasteiger partial charge in [-0.3, -0.25) is 4.98 Å². The van der Waals surface area contributed by atoms with Gasteiger partial charge in [0.05, 0.1) is 18.4 Å². The van der Waals surface area contributed by atoms with Crippen LogP contribution in [0.1, 0.15) is 34.6 Å². The van der Waals surface area contributed by atoms with Crippen LogP contribution in [-0.4, -0.2) is 35.9 Å². The number of hydrogen-bond acceptors (Lipinski definition) is 7. The zero-order valence-corrected chi connectivity index (χ0v) is 17.7. The molecule has 1 unspecified atom stereocenters. The molecule has 4 aromatic rings. The zero-order valence-electron chi connectivity index (χ0n) is 17.7. The first kappa shape index (κ1) is 21.4. The fourth-order valence-corrected chi connectivity index (χ4v) is 3.43. The van der Waals surface area contributed by atoms with Crippen molar-refractivity contribution in [3.05, 3.63) is 90.0 Å². The third-order valence-corrected chi connectivity index (χ3v) is 5.01. The van der Waals surface area contributed by atoms with E-state index in [4.69, 9.17) is 13.9 Å². The summed E-state index contributed by atoms with van der Waals surface area (Å²) in [5.74, 6) is 0.318. The van der Waals surface area contributed by atoms with E-state index in [9.17, 15) is 9.90 Å². The van der Waals surface area contributed by atoms with E-state index in [1.165, 1.54) is 0 Å². The van der Waals surface area contributed by atoms with Crippen molar-refractivity contribution in [2.75, 3.05) is 25.1 Å². The molecule has 0 bridgehead atoms. The van der Waals surface area contributed by atoms with Crippen LogP contribution in [-0.2, 0) is 9.47 Å². The van der Waals surface area contributed by atoms with E-state index in [-0.39, 0.29) is 12.4 Å². The number of ether oxygens (including phenoxy) is 2. The number of anilines is 1. The van der Waals surface area contributed by atoms with Gasteiger partial charge in [0.15, 0.2) is 0 Å². The van der Waals surface area contributed by atoms with Crippen LogP contribution < -0.4 is 5.32 Å². The summed E-state index contributed by atoms with van der Waals surface area (Å²) in [4.78, 5) is 16.5. The molecule has 0 spiro atoms. The predicted octanol–water partition coefficient (Wildman–Crippen LogP) is 4.93. The lowest BCUT2D eigenvalue weighted by Crippen LogP contribution is -2.13. The second kappa shape index (κ2) is 9.98. The van der Waals surface area contributed by atoms with Crippen molar-refractivity contribution in [1.82, 2.24) is 4.98 Å². The third-order valence-electron chi connectivity index (χ3n) is 5.01. The molecule has 0 aliphatic carbocycles. The van der Waals surface area contributed by atoms with Crippen molar-refractivity contribution in [3.63, 3.8) is 0 Å². The summed E-state index contributed by atoms with van der Waals surface area (Å²) >= 11 is 0. The number of esters is 1. The van der Waals surface area contributed by atoms with Gasteiger partial charge in [0.1, 0.15) is 29.7 Å². The molecule has 0 saturated carbocycles. The first-order valence-electron chi connectivity index (χ1n) is 10.4. The van der Waals surface area contributed by atoms with Crippen LogP contribution in [0.4, 0.5) is 5.69 Å². The minimum atomic E-state index is -0.458. The molecule has 0 radical (unpaired) electrons. The average molecular weight is 432 g/mol. The smallest absolute Gasteiger partial charge is 0.338 e. The van der Waals surface area contributed by atoms with Gasteiger partial charge in [-0.1, -0.05) is 18.2 Å². The van der Waals surface area contributed by atoms with Crippen molar-refractivity contribution in [3.8, 4) is 5.75 Å². The Balaban J connectivity index is 1.56. The summed E-state index contributed by atoms with van der Waals surface area (Å²) in [5.41, 5.74) is 2.34. The Hall–Kier alpha value is -3.84. The summed E-state index contributed by atoms with van der Waals surface area (Å²) in [5, 5.41) is 15.1. The number of fused-ring (bicyclic) bond motifs is 1. The van der Waals surface area contributed by atoms with Gasteiger partial charge in [-0.25, -0.2) is 4.79 Å². The Morgan fingerprint density at radius 3 is 2.69 bits per heavy atom. The molecule has 2 aromatic heterocycles. The normalized spacial score (nSPS) is 11.9. The fourth-order valence-electron chi connectivity index (χ4n) is 3.43. The molecule has 7 heteroatoms. The topological polar surface area (TPSA) is 93.8 Å². The van der Waals surface area contributed by atoms with Crippen LogP contribution in [0.5, 0.6) is 5.75 Å². The van der Waals surface area contributed by atoms with Crippen molar-refractivity contribution >= 4 is 22.6 Å². The molecule has 32 heavy (non-hydrogen) atoms. The number of pyridine rings is 1. The summed E-state index contributed by atoms with van der Waals surface area (Å²) in [7, 11) is 0. The predicted molar refractivity (Wildman–Crippen MR) is 121 cm³/mol. The van der Waals surface area contributed by atoms with Crippen molar-refractivity contribution in [2.24, 2.45) is 0 Å². The standard InChI is InChI=1S/C25H24N2O5/c1-2-30-15-16-32-25(29)18-7-10-19(11-8-18)27-23(21-6-4-14-31-21)20-12-9-17-5-3-13-26-22(17)24(20)28/h3-14,23,27-28H,2,15-16H2,1H3.